The summed E-state index contributed by atoms with van der Waals surface area (Å²) in [5.41, 5.74) is 1.31. The molecule has 0 N–H and O–H groups in total. The van der Waals surface area contributed by atoms with Crippen molar-refractivity contribution in [1.82, 2.24) is 4.90 Å². The zero-order valence-corrected chi connectivity index (χ0v) is 11.9. The Bertz CT molecular complexity index is 362. The van der Waals surface area contributed by atoms with E-state index in [0.717, 1.165) is 25.3 Å². The number of hydrogen-bond donors (Lipinski definition) is 0. The summed E-state index contributed by atoms with van der Waals surface area (Å²) in [5.74, 6) is 0.947. The molecule has 0 unspecified atom stereocenters. The second-order valence-corrected chi connectivity index (χ2v) is 5.01. The molecule has 19 heavy (non-hydrogen) atoms. The third-order valence-electron chi connectivity index (χ3n) is 3.55. The third-order valence-corrected chi connectivity index (χ3v) is 3.55. The molecule has 0 spiro atoms. The normalized spacial score (nSPS) is 15.8. The summed E-state index contributed by atoms with van der Waals surface area (Å²) >= 11 is 0. The molecule has 0 aliphatic carbocycles. The molecule has 1 saturated heterocycles. The largest absolute Gasteiger partial charge is 0.491 e. The summed E-state index contributed by atoms with van der Waals surface area (Å²) in [6.45, 7) is 7.81. The Morgan fingerprint density at radius 3 is 2.74 bits per heavy atom. The Morgan fingerprint density at radius 1 is 1.11 bits per heavy atom. The first-order valence-corrected chi connectivity index (χ1v) is 7.40. The van der Waals surface area contributed by atoms with Crippen molar-refractivity contribution >= 4 is 0 Å². The summed E-state index contributed by atoms with van der Waals surface area (Å²) < 4.78 is 11.3. The van der Waals surface area contributed by atoms with Gasteiger partial charge in [-0.3, -0.25) is 0 Å². The van der Waals surface area contributed by atoms with Gasteiger partial charge in [0, 0.05) is 6.54 Å². The van der Waals surface area contributed by atoms with Crippen LogP contribution >= 0.6 is 0 Å². The molecule has 0 amide bonds. The van der Waals surface area contributed by atoms with Gasteiger partial charge < -0.3 is 14.4 Å². The summed E-state index contributed by atoms with van der Waals surface area (Å²) in [6, 6.07) is 8.27. The van der Waals surface area contributed by atoms with Gasteiger partial charge in [0.2, 0.25) is 0 Å². The molecule has 0 bridgehead atoms. The lowest BCUT2D eigenvalue weighted by molar-refractivity contribution is 0.0846. The molecule has 0 radical (unpaired) electrons. The van der Waals surface area contributed by atoms with E-state index in [4.69, 9.17) is 9.47 Å². The molecule has 0 atom stereocenters. The van der Waals surface area contributed by atoms with E-state index >= 15 is 0 Å². The Hall–Kier alpha value is -1.06. The van der Waals surface area contributed by atoms with Gasteiger partial charge in [-0.05, 0) is 50.0 Å². The van der Waals surface area contributed by atoms with E-state index in [-0.39, 0.29) is 0 Å². The predicted octanol–water partition coefficient (Wildman–Crippen LogP) is 2.74. The minimum Gasteiger partial charge on any atom is -0.491 e. The van der Waals surface area contributed by atoms with Crippen molar-refractivity contribution in [3.63, 3.8) is 0 Å². The molecular formula is C16H25NO2. The molecule has 2 rings (SSSR count). The highest BCUT2D eigenvalue weighted by Crippen LogP contribution is 2.13. The van der Waals surface area contributed by atoms with Crippen molar-refractivity contribution in [2.45, 2.75) is 26.2 Å². The zero-order chi connectivity index (χ0) is 13.3. The minimum absolute atomic E-state index is 0.632. The van der Waals surface area contributed by atoms with Crippen LogP contribution in [0.1, 0.15) is 25.3 Å². The first-order chi connectivity index (χ1) is 9.38. The third kappa shape index (κ3) is 5.21. The molecule has 1 aliphatic rings. The molecule has 1 fully saturated rings. The quantitative estimate of drug-likeness (QED) is 0.673. The average molecular weight is 263 g/mol. The standard InChI is InChI=1S/C16H25NO2/c1-2-15-6-5-7-16(14-15)19-13-12-18-11-10-17-8-3-4-9-17/h5-7,14H,2-4,8-13H2,1H3. The number of ether oxygens (including phenoxy) is 2. The lowest BCUT2D eigenvalue weighted by Gasteiger charge is -2.14. The van der Waals surface area contributed by atoms with Gasteiger partial charge in [-0.2, -0.15) is 0 Å². The molecule has 0 aromatic heterocycles. The summed E-state index contributed by atoms with van der Waals surface area (Å²) in [4.78, 5) is 2.46. The van der Waals surface area contributed by atoms with E-state index in [0.29, 0.717) is 13.2 Å². The number of aryl methyl sites for hydroxylation is 1. The zero-order valence-electron chi connectivity index (χ0n) is 11.9. The van der Waals surface area contributed by atoms with E-state index < -0.39 is 0 Å². The highest BCUT2D eigenvalue weighted by atomic mass is 16.5. The highest BCUT2D eigenvalue weighted by Gasteiger charge is 2.10. The van der Waals surface area contributed by atoms with Crippen molar-refractivity contribution in [2.24, 2.45) is 0 Å². The second-order valence-electron chi connectivity index (χ2n) is 5.01. The average Bonchev–Trinajstić information content (AvgIpc) is 2.96. The van der Waals surface area contributed by atoms with Crippen molar-refractivity contribution in [2.75, 3.05) is 39.5 Å². The van der Waals surface area contributed by atoms with Crippen molar-refractivity contribution < 1.29 is 9.47 Å². The van der Waals surface area contributed by atoms with Crippen LogP contribution in [0.25, 0.3) is 0 Å². The minimum atomic E-state index is 0.632. The topological polar surface area (TPSA) is 21.7 Å². The molecule has 106 valence electrons. The molecule has 1 aliphatic heterocycles. The van der Waals surface area contributed by atoms with Gasteiger partial charge in [-0.15, -0.1) is 0 Å². The summed E-state index contributed by atoms with van der Waals surface area (Å²) in [5, 5.41) is 0. The summed E-state index contributed by atoms with van der Waals surface area (Å²) in [7, 11) is 0. The Labute approximate surface area is 116 Å². The summed E-state index contributed by atoms with van der Waals surface area (Å²) in [6.07, 6.45) is 3.73. The van der Waals surface area contributed by atoms with E-state index in [1.54, 1.807) is 0 Å². The fraction of sp³-hybridized carbons (Fsp3) is 0.625. The van der Waals surface area contributed by atoms with E-state index in [2.05, 4.69) is 24.0 Å². The fourth-order valence-corrected chi connectivity index (χ4v) is 2.38. The van der Waals surface area contributed by atoms with Gasteiger partial charge in [0.25, 0.3) is 0 Å². The van der Waals surface area contributed by atoms with Crippen LogP contribution in [0.5, 0.6) is 5.75 Å². The SMILES string of the molecule is CCc1cccc(OCCOCCN2CCCC2)c1. The maximum Gasteiger partial charge on any atom is 0.119 e. The van der Waals surface area contributed by atoms with Crippen LogP contribution in [0, 0.1) is 0 Å². The van der Waals surface area contributed by atoms with Crippen molar-refractivity contribution in [3.05, 3.63) is 29.8 Å². The predicted molar refractivity (Wildman–Crippen MR) is 77.8 cm³/mol. The van der Waals surface area contributed by atoms with Gasteiger partial charge in [-0.25, -0.2) is 0 Å². The first kappa shape index (κ1) is 14.4. The lowest BCUT2D eigenvalue weighted by Crippen LogP contribution is -2.24. The number of benzene rings is 1. The molecule has 1 aromatic carbocycles. The molecule has 3 nitrogen and oxygen atoms in total. The van der Waals surface area contributed by atoms with Crippen molar-refractivity contribution in [1.29, 1.82) is 0 Å². The van der Waals surface area contributed by atoms with Gasteiger partial charge in [-0.1, -0.05) is 19.1 Å². The Kier molecular flexibility index (Phi) is 6.18. The van der Waals surface area contributed by atoms with Crippen LogP contribution in [0.4, 0.5) is 0 Å². The number of likely N-dealkylation sites (tertiary alicyclic amines) is 1. The van der Waals surface area contributed by atoms with Gasteiger partial charge in [0.1, 0.15) is 12.4 Å². The number of hydrogen-bond acceptors (Lipinski definition) is 3. The molecule has 3 heteroatoms. The first-order valence-electron chi connectivity index (χ1n) is 7.40. The van der Waals surface area contributed by atoms with E-state index in [9.17, 15) is 0 Å². The van der Waals surface area contributed by atoms with Crippen LogP contribution in [-0.2, 0) is 11.2 Å². The van der Waals surface area contributed by atoms with Gasteiger partial charge in [0.05, 0.1) is 13.2 Å². The van der Waals surface area contributed by atoms with Crippen LogP contribution in [0.2, 0.25) is 0 Å². The molecule has 1 heterocycles. The lowest BCUT2D eigenvalue weighted by atomic mass is 10.2. The number of rotatable bonds is 8. The van der Waals surface area contributed by atoms with Crippen LogP contribution in [0.3, 0.4) is 0 Å². The Balaban J connectivity index is 1.53. The van der Waals surface area contributed by atoms with Crippen LogP contribution in [0.15, 0.2) is 24.3 Å². The van der Waals surface area contributed by atoms with Gasteiger partial charge in [0.15, 0.2) is 0 Å². The maximum absolute atomic E-state index is 5.68. The van der Waals surface area contributed by atoms with Crippen LogP contribution in [-0.4, -0.2) is 44.4 Å². The van der Waals surface area contributed by atoms with E-state index in [1.807, 2.05) is 12.1 Å². The smallest absolute Gasteiger partial charge is 0.119 e. The van der Waals surface area contributed by atoms with Gasteiger partial charge >= 0.3 is 0 Å². The molecular weight excluding hydrogens is 238 g/mol. The highest BCUT2D eigenvalue weighted by molar-refractivity contribution is 5.28. The monoisotopic (exact) mass is 263 g/mol. The molecule has 0 saturated carbocycles. The maximum atomic E-state index is 5.68. The van der Waals surface area contributed by atoms with E-state index in [1.165, 1.54) is 31.5 Å². The number of nitrogens with zero attached hydrogens (tertiary/aromatic N) is 1. The fourth-order valence-electron chi connectivity index (χ4n) is 2.38. The Morgan fingerprint density at radius 2 is 1.95 bits per heavy atom. The van der Waals surface area contributed by atoms with Crippen molar-refractivity contribution in [3.8, 4) is 5.75 Å². The van der Waals surface area contributed by atoms with Crippen LogP contribution < -0.4 is 4.74 Å². The molecule has 1 aromatic rings. The second kappa shape index (κ2) is 8.18.